The molecule has 0 spiro atoms. The maximum atomic E-state index is 12.5. The molecule has 29 heavy (non-hydrogen) atoms. The molecular weight excluding hydrogens is 418 g/mol. The van der Waals surface area contributed by atoms with E-state index >= 15 is 0 Å². The van der Waals surface area contributed by atoms with Crippen molar-refractivity contribution >= 4 is 28.0 Å². The van der Waals surface area contributed by atoms with Gasteiger partial charge in [-0.3, -0.25) is 4.79 Å². The van der Waals surface area contributed by atoms with Crippen molar-refractivity contribution < 1.29 is 32.2 Å². The third-order valence-electron chi connectivity index (χ3n) is 6.91. The molecule has 0 unspecified atom stereocenters. The van der Waals surface area contributed by atoms with E-state index in [2.05, 4.69) is 32.8 Å². The number of ether oxygens (including phenoxy) is 1. The van der Waals surface area contributed by atoms with Crippen molar-refractivity contribution in [3.8, 4) is 0 Å². The topological polar surface area (TPSA) is 100 Å². The molecule has 0 aromatic heterocycles. The fraction of sp³-hybridized carbons (Fsp3) is 0.947. The summed E-state index contributed by atoms with van der Waals surface area (Å²) in [6.07, 6.45) is 8.14. The van der Waals surface area contributed by atoms with Crippen molar-refractivity contribution in [1.82, 2.24) is 4.72 Å². The van der Waals surface area contributed by atoms with Gasteiger partial charge >= 0.3 is 5.97 Å². The fourth-order valence-corrected chi connectivity index (χ4v) is 7.47. The molecule has 4 saturated carbocycles. The van der Waals surface area contributed by atoms with E-state index in [0.29, 0.717) is 18.5 Å². The Kier molecular flexibility index (Phi) is 7.54. The number of carbonyl (C=O) groups excluding carboxylic acids is 1. The standard InChI is InChI=1S/C19H33NO7S2/c1-18(2,19-10-14-7-15(11-19)9-16(8-14)12-19)25-17(21)5-4-6-20-29(22,23)13-28-27-26-24-3/h14-16,20H,4-13H2,1-3H3. The number of rotatable bonds is 12. The summed E-state index contributed by atoms with van der Waals surface area (Å²) in [6.45, 7) is 4.31. The molecule has 4 fully saturated rings. The van der Waals surface area contributed by atoms with Crippen molar-refractivity contribution in [2.24, 2.45) is 23.2 Å². The lowest BCUT2D eigenvalue weighted by Gasteiger charge is -2.61. The van der Waals surface area contributed by atoms with Crippen LogP contribution in [0.15, 0.2) is 0 Å². The van der Waals surface area contributed by atoms with Crippen LogP contribution in [0, 0.1) is 23.2 Å². The molecule has 0 saturated heterocycles. The third-order valence-corrected chi connectivity index (χ3v) is 9.33. The highest BCUT2D eigenvalue weighted by Gasteiger charge is 2.58. The number of nitrogens with one attached hydrogen (secondary N) is 1. The van der Waals surface area contributed by atoms with Crippen molar-refractivity contribution in [2.75, 3.05) is 18.7 Å². The second kappa shape index (κ2) is 9.40. The molecule has 4 aliphatic rings. The summed E-state index contributed by atoms with van der Waals surface area (Å²) in [5.74, 6) is 2.13. The Morgan fingerprint density at radius 1 is 1.14 bits per heavy atom. The normalized spacial score (nSPS) is 31.2. The first-order valence-electron chi connectivity index (χ1n) is 10.3. The average Bonchev–Trinajstić information content (AvgIpc) is 2.61. The van der Waals surface area contributed by atoms with Gasteiger partial charge in [-0.15, -0.1) is 4.33 Å². The van der Waals surface area contributed by atoms with E-state index in [1.54, 1.807) is 0 Å². The Morgan fingerprint density at radius 3 is 2.28 bits per heavy atom. The molecule has 0 radical (unpaired) electrons. The summed E-state index contributed by atoms with van der Waals surface area (Å²) >= 11 is 0.595. The van der Waals surface area contributed by atoms with Crippen LogP contribution in [0.25, 0.3) is 0 Å². The molecule has 0 atom stereocenters. The van der Waals surface area contributed by atoms with E-state index in [1.165, 1.54) is 45.6 Å². The Labute approximate surface area is 177 Å². The molecule has 0 heterocycles. The number of sulfonamides is 1. The molecule has 1 N–H and O–H groups in total. The Morgan fingerprint density at radius 2 is 1.72 bits per heavy atom. The van der Waals surface area contributed by atoms with Gasteiger partial charge in [-0.25, -0.2) is 18.0 Å². The molecule has 10 heteroatoms. The first-order chi connectivity index (χ1) is 13.6. The maximum Gasteiger partial charge on any atom is 0.306 e. The number of hydrogen-bond donors (Lipinski definition) is 1. The number of hydrogen-bond acceptors (Lipinski definition) is 8. The highest BCUT2D eigenvalue weighted by atomic mass is 32.3. The van der Waals surface area contributed by atoms with Gasteiger partial charge in [-0.2, -0.15) is 0 Å². The Bertz CT molecular complexity index is 645. The SMILES string of the molecule is COOOSCS(=O)(=O)NCCCC(=O)OC(C)(C)C12CC3CC(CC(C3)C1)C2. The fourth-order valence-electron chi connectivity index (χ4n) is 5.92. The van der Waals surface area contributed by atoms with Gasteiger partial charge in [0.25, 0.3) is 0 Å². The molecular formula is C19H33NO7S2. The summed E-state index contributed by atoms with van der Waals surface area (Å²) in [5.41, 5.74) is -0.366. The molecule has 8 nitrogen and oxygen atoms in total. The minimum atomic E-state index is -3.53. The third kappa shape index (κ3) is 5.86. The van der Waals surface area contributed by atoms with Crippen LogP contribution in [0.3, 0.4) is 0 Å². The zero-order valence-electron chi connectivity index (χ0n) is 17.5. The Hall–Kier alpha value is -0.390. The maximum absolute atomic E-state index is 12.5. The first kappa shape index (κ1) is 23.3. The predicted octanol–water partition coefficient (Wildman–Crippen LogP) is 3.34. The van der Waals surface area contributed by atoms with Crippen LogP contribution in [-0.4, -0.2) is 38.7 Å². The van der Waals surface area contributed by atoms with E-state index in [4.69, 9.17) is 4.74 Å². The molecule has 168 valence electrons. The average molecular weight is 452 g/mol. The zero-order chi connectivity index (χ0) is 21.1. The van der Waals surface area contributed by atoms with Crippen LogP contribution >= 0.6 is 12.0 Å². The lowest BCUT2D eigenvalue weighted by Crippen LogP contribution is -2.57. The van der Waals surface area contributed by atoms with Gasteiger partial charge < -0.3 is 4.74 Å². The highest BCUT2D eigenvalue weighted by molar-refractivity contribution is 8.09. The van der Waals surface area contributed by atoms with E-state index in [1.807, 2.05) is 0 Å². The van der Waals surface area contributed by atoms with E-state index in [9.17, 15) is 13.2 Å². The van der Waals surface area contributed by atoms with Gasteiger partial charge in [0.05, 0.1) is 19.2 Å². The summed E-state index contributed by atoms with van der Waals surface area (Å²) in [6, 6.07) is 0. The lowest BCUT2D eigenvalue weighted by atomic mass is 9.46. The minimum absolute atomic E-state index is 0.112. The van der Waals surface area contributed by atoms with Crippen LogP contribution < -0.4 is 4.72 Å². The van der Waals surface area contributed by atoms with Gasteiger partial charge in [-0.05, 0) is 76.5 Å². The molecule has 4 bridgehead atoms. The molecule has 4 rings (SSSR count). The second-order valence-electron chi connectivity index (χ2n) is 9.33. The van der Waals surface area contributed by atoms with Gasteiger partial charge in [0, 0.05) is 18.4 Å². The molecule has 0 aromatic rings. The van der Waals surface area contributed by atoms with E-state index in [0.717, 1.165) is 17.8 Å². The second-order valence-corrected chi connectivity index (χ2v) is 12.2. The van der Waals surface area contributed by atoms with E-state index in [-0.39, 0.29) is 29.4 Å². The monoisotopic (exact) mass is 451 g/mol. The van der Waals surface area contributed by atoms with Crippen LogP contribution in [0.2, 0.25) is 0 Å². The smallest absolute Gasteiger partial charge is 0.306 e. The van der Waals surface area contributed by atoms with Crippen LogP contribution in [0.5, 0.6) is 0 Å². The summed E-state index contributed by atoms with van der Waals surface area (Å²) in [5, 5.41) is 3.80. The highest BCUT2D eigenvalue weighted by Crippen LogP contribution is 2.64. The first-order valence-corrected chi connectivity index (χ1v) is 12.9. The quantitative estimate of drug-likeness (QED) is 0.159. The van der Waals surface area contributed by atoms with Crippen molar-refractivity contribution in [2.45, 2.75) is 70.8 Å². The van der Waals surface area contributed by atoms with Crippen molar-refractivity contribution in [3.05, 3.63) is 0 Å². The van der Waals surface area contributed by atoms with Crippen molar-refractivity contribution in [3.63, 3.8) is 0 Å². The lowest BCUT2D eigenvalue weighted by molar-refractivity contribution is -0.447. The molecule has 0 aromatic carbocycles. The largest absolute Gasteiger partial charge is 0.459 e. The van der Waals surface area contributed by atoms with E-state index < -0.39 is 15.6 Å². The zero-order valence-corrected chi connectivity index (χ0v) is 19.1. The minimum Gasteiger partial charge on any atom is -0.459 e. The van der Waals surface area contributed by atoms with Gasteiger partial charge in [0.1, 0.15) is 10.7 Å². The van der Waals surface area contributed by atoms with Gasteiger partial charge in [0.2, 0.25) is 10.0 Å². The summed E-state index contributed by atoms with van der Waals surface area (Å²) in [7, 11) is -2.28. The molecule has 0 amide bonds. The summed E-state index contributed by atoms with van der Waals surface area (Å²) < 4.78 is 36.4. The number of esters is 1. The van der Waals surface area contributed by atoms with Crippen molar-refractivity contribution in [1.29, 1.82) is 0 Å². The van der Waals surface area contributed by atoms with Crippen LogP contribution in [0.1, 0.15) is 65.2 Å². The predicted molar refractivity (Wildman–Crippen MR) is 109 cm³/mol. The van der Waals surface area contributed by atoms with Gasteiger partial charge in [0.15, 0.2) is 0 Å². The van der Waals surface area contributed by atoms with Crippen LogP contribution in [0.4, 0.5) is 0 Å². The summed E-state index contributed by atoms with van der Waals surface area (Å²) in [4.78, 5) is 16.7. The number of carbonyl (C=O) groups is 1. The molecule has 4 aliphatic carbocycles. The van der Waals surface area contributed by atoms with Gasteiger partial charge in [-0.1, -0.05) is 5.04 Å². The molecule has 0 aliphatic heterocycles. The van der Waals surface area contributed by atoms with Crippen LogP contribution in [-0.2, 0) is 33.8 Å². The Balaban J connectivity index is 1.40.